The van der Waals surface area contributed by atoms with Crippen molar-refractivity contribution in [3.8, 4) is 0 Å². The number of sulfonamides is 1. The number of nitrogens with one attached hydrogen (secondary N) is 2. The molecule has 1 rings (SSSR count). The van der Waals surface area contributed by atoms with E-state index in [4.69, 9.17) is 0 Å². The number of rotatable bonds is 9. The quantitative estimate of drug-likeness (QED) is 0.726. The van der Waals surface area contributed by atoms with Crippen LogP contribution in [0.4, 0.5) is 0 Å². The molecule has 7 heteroatoms. The number of thioether (sulfide) groups is 1. The minimum Gasteiger partial charge on any atom is -0.349 e. The Morgan fingerprint density at radius 3 is 2.52 bits per heavy atom. The van der Waals surface area contributed by atoms with Crippen LogP contribution in [0.2, 0.25) is 0 Å². The molecule has 0 amide bonds. The molecular weight excluding hydrogens is 306 g/mol. The highest BCUT2D eigenvalue weighted by molar-refractivity contribution is 8.00. The summed E-state index contributed by atoms with van der Waals surface area (Å²) >= 11 is 1.64. The lowest BCUT2D eigenvalue weighted by Crippen LogP contribution is -2.35. The third kappa shape index (κ3) is 5.32. The van der Waals surface area contributed by atoms with Gasteiger partial charge in [-0.1, -0.05) is 6.92 Å². The highest BCUT2D eigenvalue weighted by atomic mass is 32.2. The van der Waals surface area contributed by atoms with E-state index in [0.717, 1.165) is 18.8 Å². The van der Waals surface area contributed by atoms with E-state index >= 15 is 0 Å². The second-order valence-electron chi connectivity index (χ2n) is 5.52. The second-order valence-corrected chi connectivity index (χ2v) is 8.80. The lowest BCUT2D eigenvalue weighted by Gasteiger charge is -2.21. The zero-order valence-electron chi connectivity index (χ0n) is 13.6. The van der Waals surface area contributed by atoms with E-state index in [1.54, 1.807) is 24.0 Å². The molecular formula is C14H27N3O2S2. The van der Waals surface area contributed by atoms with E-state index < -0.39 is 10.0 Å². The zero-order valence-corrected chi connectivity index (χ0v) is 15.2. The number of nitrogens with zero attached hydrogens (tertiary/aromatic N) is 1. The number of aryl methyl sites for hydroxylation is 1. The summed E-state index contributed by atoms with van der Waals surface area (Å²) in [6.07, 6.45) is 3.69. The maximum absolute atomic E-state index is 12.4. The summed E-state index contributed by atoms with van der Waals surface area (Å²) in [6.45, 7) is 10.8. The zero-order chi connectivity index (χ0) is 16.1. The minimum atomic E-state index is -3.45. The molecule has 0 unspecified atom stereocenters. The van der Waals surface area contributed by atoms with Crippen LogP contribution < -0.4 is 10.0 Å². The molecule has 0 fully saturated rings. The highest BCUT2D eigenvalue weighted by Crippen LogP contribution is 2.21. The van der Waals surface area contributed by atoms with E-state index in [0.29, 0.717) is 18.0 Å². The average molecular weight is 334 g/mol. The van der Waals surface area contributed by atoms with Crippen LogP contribution in [0.5, 0.6) is 0 Å². The average Bonchev–Trinajstić information content (AvgIpc) is 2.87. The van der Waals surface area contributed by atoms with Gasteiger partial charge in [0.05, 0.1) is 4.90 Å². The van der Waals surface area contributed by atoms with Gasteiger partial charge in [0, 0.05) is 36.3 Å². The van der Waals surface area contributed by atoms with Gasteiger partial charge in [0.2, 0.25) is 10.0 Å². The summed E-state index contributed by atoms with van der Waals surface area (Å²) in [6, 6.07) is 1.75. The van der Waals surface area contributed by atoms with Crippen molar-refractivity contribution in [1.82, 2.24) is 14.6 Å². The fourth-order valence-electron chi connectivity index (χ4n) is 1.79. The number of hydrogen-bond acceptors (Lipinski definition) is 4. The van der Waals surface area contributed by atoms with Gasteiger partial charge >= 0.3 is 0 Å². The first kappa shape index (κ1) is 18.5. The molecule has 0 radical (unpaired) electrons. The third-order valence-electron chi connectivity index (χ3n) is 3.41. The summed E-state index contributed by atoms with van der Waals surface area (Å²) in [5.41, 5.74) is 0.990. The van der Waals surface area contributed by atoms with Crippen LogP contribution >= 0.6 is 11.8 Å². The highest BCUT2D eigenvalue weighted by Gasteiger charge is 2.23. The number of hydrogen-bond donors (Lipinski definition) is 2. The van der Waals surface area contributed by atoms with Gasteiger partial charge in [0.25, 0.3) is 0 Å². The molecule has 21 heavy (non-hydrogen) atoms. The Labute approximate surface area is 132 Å². The van der Waals surface area contributed by atoms with Crippen molar-refractivity contribution in [2.75, 3.05) is 19.3 Å². The monoisotopic (exact) mass is 333 g/mol. The topological polar surface area (TPSA) is 63.1 Å². The van der Waals surface area contributed by atoms with E-state index in [1.165, 1.54) is 0 Å². The molecule has 1 heterocycles. The predicted molar refractivity (Wildman–Crippen MR) is 90.3 cm³/mol. The summed E-state index contributed by atoms with van der Waals surface area (Å²) < 4.78 is 29.3. The first-order valence-corrected chi connectivity index (χ1v) is 9.91. The summed E-state index contributed by atoms with van der Waals surface area (Å²) in [5, 5.41) is 3.23. The molecule has 0 aliphatic carbocycles. The molecule has 0 aromatic carbocycles. The van der Waals surface area contributed by atoms with Gasteiger partial charge in [-0.05, 0) is 39.6 Å². The van der Waals surface area contributed by atoms with Crippen molar-refractivity contribution in [2.24, 2.45) is 0 Å². The first-order valence-electron chi connectivity index (χ1n) is 7.20. The molecule has 0 saturated carbocycles. The van der Waals surface area contributed by atoms with Gasteiger partial charge in [-0.2, -0.15) is 11.8 Å². The predicted octanol–water partition coefficient (Wildman–Crippen LogP) is 2.04. The van der Waals surface area contributed by atoms with Crippen LogP contribution in [0.25, 0.3) is 0 Å². The van der Waals surface area contributed by atoms with Crippen molar-refractivity contribution >= 4 is 21.8 Å². The van der Waals surface area contributed by atoms with Gasteiger partial charge in [-0.25, -0.2) is 13.1 Å². The van der Waals surface area contributed by atoms with Crippen molar-refractivity contribution in [3.63, 3.8) is 0 Å². The van der Waals surface area contributed by atoms with Crippen molar-refractivity contribution in [2.45, 2.75) is 50.4 Å². The number of aromatic nitrogens is 1. The maximum atomic E-state index is 12.4. The molecule has 1 aromatic heterocycles. The first-order chi connectivity index (χ1) is 9.75. The van der Waals surface area contributed by atoms with Crippen LogP contribution in [0.15, 0.2) is 17.2 Å². The molecule has 0 bridgehead atoms. The van der Waals surface area contributed by atoms with Crippen LogP contribution in [0.1, 0.15) is 33.4 Å². The van der Waals surface area contributed by atoms with Gasteiger partial charge in [0.1, 0.15) is 0 Å². The van der Waals surface area contributed by atoms with E-state index in [9.17, 15) is 8.42 Å². The van der Waals surface area contributed by atoms with Crippen molar-refractivity contribution in [3.05, 3.63) is 18.0 Å². The van der Waals surface area contributed by atoms with Crippen LogP contribution in [-0.2, 0) is 23.1 Å². The molecule has 2 N–H and O–H groups in total. The minimum absolute atomic E-state index is 0.118. The lowest BCUT2D eigenvalue weighted by molar-refractivity contribution is 0.570. The molecule has 0 atom stereocenters. The molecule has 1 aromatic rings. The fraction of sp³-hybridized carbons (Fsp3) is 0.714. The lowest BCUT2D eigenvalue weighted by atomic mass is 10.2. The molecule has 0 aliphatic rings. The van der Waals surface area contributed by atoms with Gasteiger partial charge in [-0.15, -0.1) is 0 Å². The van der Waals surface area contributed by atoms with Crippen LogP contribution in [0, 0.1) is 0 Å². The SMILES string of the molecule is CCNCc1cc(S(=O)(=O)NCC(C)(C)SC)cn1CC. The third-order valence-corrected chi connectivity index (χ3v) is 6.03. The normalized spacial score (nSPS) is 12.8. The standard InChI is InChI=1S/C14H27N3O2S2/c1-6-15-9-12-8-13(10-17(12)7-2)21(18,19)16-11-14(3,4)20-5/h8,10,15-16H,6-7,9,11H2,1-5H3. The Balaban J connectivity index is 2.90. The Kier molecular flexibility index (Phi) is 6.77. The Hall–Kier alpha value is -0.500. The Morgan fingerprint density at radius 2 is 2.00 bits per heavy atom. The van der Waals surface area contributed by atoms with Crippen molar-refractivity contribution < 1.29 is 8.42 Å². The van der Waals surface area contributed by atoms with Crippen LogP contribution in [-0.4, -0.2) is 37.1 Å². The largest absolute Gasteiger partial charge is 0.349 e. The molecule has 122 valence electrons. The fourth-order valence-corrected chi connectivity index (χ4v) is 3.37. The van der Waals surface area contributed by atoms with E-state index in [1.807, 2.05) is 38.5 Å². The Bertz CT molecular complexity index is 551. The van der Waals surface area contributed by atoms with Gasteiger partial charge in [-0.3, -0.25) is 0 Å². The Morgan fingerprint density at radius 1 is 1.33 bits per heavy atom. The van der Waals surface area contributed by atoms with Gasteiger partial charge in [0.15, 0.2) is 0 Å². The molecule has 0 saturated heterocycles. The van der Waals surface area contributed by atoms with Crippen LogP contribution in [0.3, 0.4) is 0 Å². The smallest absolute Gasteiger partial charge is 0.242 e. The molecule has 0 spiro atoms. The summed E-state index contributed by atoms with van der Waals surface area (Å²) in [5.74, 6) is 0. The van der Waals surface area contributed by atoms with Crippen molar-refractivity contribution in [1.29, 1.82) is 0 Å². The van der Waals surface area contributed by atoms with Gasteiger partial charge < -0.3 is 9.88 Å². The summed E-state index contributed by atoms with van der Waals surface area (Å²) in [7, 11) is -3.45. The molecule has 5 nitrogen and oxygen atoms in total. The van der Waals surface area contributed by atoms with E-state index in [2.05, 4.69) is 10.0 Å². The second kappa shape index (κ2) is 7.67. The molecule has 0 aliphatic heterocycles. The maximum Gasteiger partial charge on any atom is 0.242 e. The summed E-state index contributed by atoms with van der Waals surface area (Å²) in [4.78, 5) is 0.342. The van der Waals surface area contributed by atoms with E-state index in [-0.39, 0.29) is 4.75 Å².